The van der Waals surface area contributed by atoms with Crippen LogP contribution in [0.1, 0.15) is 25.3 Å². The Morgan fingerprint density at radius 3 is 2.62 bits per heavy atom. The molecule has 2 rings (SSSR count). The van der Waals surface area contributed by atoms with Gasteiger partial charge in [-0.2, -0.15) is 4.98 Å². The van der Waals surface area contributed by atoms with E-state index in [4.69, 9.17) is 10.3 Å². The minimum absolute atomic E-state index is 0.448. The third-order valence-corrected chi connectivity index (χ3v) is 2.25. The molecule has 0 aliphatic rings. The van der Waals surface area contributed by atoms with Crippen molar-refractivity contribution in [2.45, 2.75) is 26.3 Å². The normalized spacial score (nSPS) is 11.8. The summed E-state index contributed by atoms with van der Waals surface area (Å²) < 4.78 is 5.14. The summed E-state index contributed by atoms with van der Waals surface area (Å²) in [5, 5.41) is 3.93. The smallest absolute Gasteiger partial charge is 0.246 e. The lowest BCUT2D eigenvalue weighted by atomic mass is 10.1. The fraction of sp³-hybridized carbons (Fsp3) is 0.333. The Labute approximate surface area is 94.5 Å². The van der Waals surface area contributed by atoms with Crippen molar-refractivity contribution in [3.05, 3.63) is 35.7 Å². The lowest BCUT2D eigenvalue weighted by Gasteiger charge is -2.10. The van der Waals surface area contributed by atoms with E-state index in [1.807, 2.05) is 45.0 Å². The number of aryl methyl sites for hydroxylation is 1. The molecular formula is C12H15N3O. The highest BCUT2D eigenvalue weighted by Crippen LogP contribution is 2.20. The maximum absolute atomic E-state index is 5.88. The topological polar surface area (TPSA) is 64.9 Å². The van der Waals surface area contributed by atoms with Crippen molar-refractivity contribution in [3.8, 4) is 11.4 Å². The van der Waals surface area contributed by atoms with Gasteiger partial charge in [-0.25, -0.2) is 0 Å². The van der Waals surface area contributed by atoms with Crippen molar-refractivity contribution >= 4 is 0 Å². The molecule has 0 aliphatic heterocycles. The van der Waals surface area contributed by atoms with Crippen LogP contribution in [0.5, 0.6) is 0 Å². The molecule has 0 aliphatic carbocycles. The van der Waals surface area contributed by atoms with E-state index in [1.54, 1.807) is 0 Å². The van der Waals surface area contributed by atoms with E-state index in [9.17, 15) is 0 Å². The zero-order valence-electron chi connectivity index (χ0n) is 9.69. The monoisotopic (exact) mass is 217 g/mol. The first-order chi connectivity index (χ1) is 7.47. The molecule has 84 valence electrons. The van der Waals surface area contributed by atoms with Gasteiger partial charge >= 0.3 is 0 Å². The van der Waals surface area contributed by atoms with E-state index in [-0.39, 0.29) is 0 Å². The predicted molar refractivity (Wildman–Crippen MR) is 61.7 cm³/mol. The van der Waals surface area contributed by atoms with Gasteiger partial charge in [0.05, 0.1) is 5.54 Å². The lowest BCUT2D eigenvalue weighted by molar-refractivity contribution is 0.312. The summed E-state index contributed by atoms with van der Waals surface area (Å²) >= 11 is 0. The summed E-state index contributed by atoms with van der Waals surface area (Å²) in [6, 6.07) is 7.95. The molecule has 0 atom stereocenters. The minimum atomic E-state index is -0.602. The minimum Gasteiger partial charge on any atom is -0.337 e. The summed E-state index contributed by atoms with van der Waals surface area (Å²) in [4.78, 5) is 4.29. The standard InChI is InChI=1S/C12H15N3O/c1-8-5-4-6-9(7-8)10-14-11(16-15-10)12(2,3)13/h4-7H,13H2,1-3H3. The maximum atomic E-state index is 5.88. The Kier molecular flexibility index (Phi) is 2.52. The van der Waals surface area contributed by atoms with Crippen LogP contribution in [-0.4, -0.2) is 10.1 Å². The Bertz CT molecular complexity index is 497. The molecule has 0 radical (unpaired) electrons. The van der Waals surface area contributed by atoms with Crippen molar-refractivity contribution in [2.24, 2.45) is 5.73 Å². The van der Waals surface area contributed by atoms with E-state index in [0.29, 0.717) is 11.7 Å². The van der Waals surface area contributed by atoms with Crippen LogP contribution in [-0.2, 0) is 5.54 Å². The molecule has 0 bridgehead atoms. The van der Waals surface area contributed by atoms with Crippen LogP contribution >= 0.6 is 0 Å². The number of nitrogens with zero attached hydrogens (tertiary/aromatic N) is 2. The summed E-state index contributed by atoms with van der Waals surface area (Å²) in [7, 11) is 0. The van der Waals surface area contributed by atoms with Gasteiger partial charge in [0.15, 0.2) is 0 Å². The van der Waals surface area contributed by atoms with Crippen molar-refractivity contribution in [1.82, 2.24) is 10.1 Å². The molecule has 1 heterocycles. The van der Waals surface area contributed by atoms with E-state index in [2.05, 4.69) is 10.1 Å². The van der Waals surface area contributed by atoms with Crippen molar-refractivity contribution < 1.29 is 4.52 Å². The van der Waals surface area contributed by atoms with Gasteiger partial charge in [0.2, 0.25) is 11.7 Å². The average molecular weight is 217 g/mol. The molecule has 2 aromatic rings. The van der Waals surface area contributed by atoms with Crippen LogP contribution in [0, 0.1) is 6.92 Å². The van der Waals surface area contributed by atoms with Gasteiger partial charge in [-0.1, -0.05) is 28.9 Å². The Morgan fingerprint density at radius 1 is 1.31 bits per heavy atom. The second kappa shape index (κ2) is 3.72. The number of benzene rings is 1. The van der Waals surface area contributed by atoms with Gasteiger partial charge in [-0.3, -0.25) is 0 Å². The number of rotatable bonds is 2. The van der Waals surface area contributed by atoms with Gasteiger partial charge in [0.1, 0.15) is 0 Å². The third-order valence-electron chi connectivity index (χ3n) is 2.25. The summed E-state index contributed by atoms with van der Waals surface area (Å²) in [5.74, 6) is 1.03. The predicted octanol–water partition coefficient (Wildman–Crippen LogP) is 2.24. The summed E-state index contributed by atoms with van der Waals surface area (Å²) in [5.41, 5.74) is 7.39. The van der Waals surface area contributed by atoms with Crippen LogP contribution < -0.4 is 5.73 Å². The van der Waals surface area contributed by atoms with Crippen molar-refractivity contribution in [3.63, 3.8) is 0 Å². The van der Waals surface area contributed by atoms with E-state index in [1.165, 1.54) is 0 Å². The largest absolute Gasteiger partial charge is 0.337 e. The Hall–Kier alpha value is -1.68. The fourth-order valence-corrected chi connectivity index (χ4v) is 1.39. The van der Waals surface area contributed by atoms with Gasteiger partial charge in [0, 0.05) is 5.56 Å². The molecule has 0 saturated carbocycles. The van der Waals surface area contributed by atoms with Gasteiger partial charge in [-0.15, -0.1) is 0 Å². The van der Waals surface area contributed by atoms with E-state index < -0.39 is 5.54 Å². The zero-order chi connectivity index (χ0) is 11.8. The van der Waals surface area contributed by atoms with Crippen molar-refractivity contribution in [2.75, 3.05) is 0 Å². The molecule has 16 heavy (non-hydrogen) atoms. The molecule has 0 fully saturated rings. The summed E-state index contributed by atoms with van der Waals surface area (Å²) in [6.07, 6.45) is 0. The molecule has 0 amide bonds. The number of nitrogens with two attached hydrogens (primary N) is 1. The molecule has 1 aromatic heterocycles. The molecule has 4 nitrogen and oxygen atoms in total. The van der Waals surface area contributed by atoms with Crippen LogP contribution in [0.4, 0.5) is 0 Å². The van der Waals surface area contributed by atoms with E-state index in [0.717, 1.165) is 11.1 Å². The number of aromatic nitrogens is 2. The van der Waals surface area contributed by atoms with E-state index >= 15 is 0 Å². The second-order valence-electron chi connectivity index (χ2n) is 4.51. The highest BCUT2D eigenvalue weighted by molar-refractivity contribution is 5.55. The first-order valence-electron chi connectivity index (χ1n) is 5.17. The molecule has 1 aromatic carbocycles. The Balaban J connectivity index is 2.39. The van der Waals surface area contributed by atoms with Gasteiger partial charge < -0.3 is 10.3 Å². The van der Waals surface area contributed by atoms with Crippen LogP contribution in [0.2, 0.25) is 0 Å². The molecule has 0 spiro atoms. The van der Waals surface area contributed by atoms with Crippen LogP contribution in [0.3, 0.4) is 0 Å². The highest BCUT2D eigenvalue weighted by atomic mass is 16.5. The molecule has 2 N–H and O–H groups in total. The average Bonchev–Trinajstić information content (AvgIpc) is 2.65. The quantitative estimate of drug-likeness (QED) is 0.837. The molecule has 0 saturated heterocycles. The zero-order valence-corrected chi connectivity index (χ0v) is 9.69. The number of hydrogen-bond acceptors (Lipinski definition) is 4. The number of hydrogen-bond donors (Lipinski definition) is 1. The van der Waals surface area contributed by atoms with Crippen LogP contribution in [0.15, 0.2) is 28.8 Å². The van der Waals surface area contributed by atoms with Gasteiger partial charge in [0.25, 0.3) is 0 Å². The first-order valence-corrected chi connectivity index (χ1v) is 5.17. The van der Waals surface area contributed by atoms with Gasteiger partial charge in [-0.05, 0) is 26.8 Å². The first kappa shape index (κ1) is 10.8. The lowest BCUT2D eigenvalue weighted by Crippen LogP contribution is -2.28. The molecule has 0 unspecified atom stereocenters. The SMILES string of the molecule is Cc1cccc(-c2noc(C(C)(C)N)n2)c1. The fourth-order valence-electron chi connectivity index (χ4n) is 1.39. The second-order valence-corrected chi connectivity index (χ2v) is 4.51. The Morgan fingerprint density at radius 2 is 2.06 bits per heavy atom. The summed E-state index contributed by atoms with van der Waals surface area (Å²) in [6.45, 7) is 5.69. The maximum Gasteiger partial charge on any atom is 0.246 e. The third kappa shape index (κ3) is 2.12. The highest BCUT2D eigenvalue weighted by Gasteiger charge is 2.22. The molecular weight excluding hydrogens is 202 g/mol. The van der Waals surface area contributed by atoms with Crippen LogP contribution in [0.25, 0.3) is 11.4 Å². The van der Waals surface area contributed by atoms with Crippen molar-refractivity contribution in [1.29, 1.82) is 0 Å². The molecule has 4 heteroatoms.